The third-order valence-corrected chi connectivity index (χ3v) is 5.01. The first kappa shape index (κ1) is 11.9. The van der Waals surface area contributed by atoms with Crippen LogP contribution in [0, 0.1) is 0 Å². The topological polar surface area (TPSA) is 26.7 Å². The van der Waals surface area contributed by atoms with Gasteiger partial charge in [0.2, 0.25) is 0 Å². The van der Waals surface area contributed by atoms with Crippen LogP contribution in [0.25, 0.3) is 0 Å². The lowest BCUT2D eigenvalue weighted by Crippen LogP contribution is -2.55. The van der Waals surface area contributed by atoms with Gasteiger partial charge in [0.1, 0.15) is 0 Å². The predicted octanol–water partition coefficient (Wildman–Crippen LogP) is 1.46. The minimum absolute atomic E-state index is 0.0973. The minimum atomic E-state index is -0.0973. The van der Waals surface area contributed by atoms with Gasteiger partial charge in [-0.1, -0.05) is 6.42 Å². The van der Waals surface area contributed by atoms with E-state index >= 15 is 0 Å². The average Bonchev–Trinajstić information content (AvgIpc) is 3.02. The highest BCUT2D eigenvalue weighted by atomic mass is 16.3. The van der Waals surface area contributed by atoms with Gasteiger partial charge < -0.3 is 5.11 Å². The van der Waals surface area contributed by atoms with Gasteiger partial charge in [-0.25, -0.2) is 0 Å². The molecule has 98 valence electrons. The van der Waals surface area contributed by atoms with Gasteiger partial charge in [-0.2, -0.15) is 0 Å². The molecule has 17 heavy (non-hydrogen) atoms. The van der Waals surface area contributed by atoms with E-state index in [0.29, 0.717) is 12.1 Å². The fourth-order valence-electron chi connectivity index (χ4n) is 4.08. The van der Waals surface area contributed by atoms with Gasteiger partial charge in [0, 0.05) is 12.1 Å². The number of rotatable bonds is 2. The molecule has 0 spiro atoms. The molecule has 0 radical (unpaired) electrons. The van der Waals surface area contributed by atoms with E-state index in [1.54, 1.807) is 0 Å². The molecule has 2 atom stereocenters. The quantitative estimate of drug-likeness (QED) is 0.789. The van der Waals surface area contributed by atoms with Gasteiger partial charge in [-0.3, -0.25) is 9.80 Å². The minimum Gasteiger partial charge on any atom is -0.390 e. The highest BCUT2D eigenvalue weighted by Gasteiger charge is 2.39. The zero-order chi connectivity index (χ0) is 11.7. The van der Waals surface area contributed by atoms with Crippen molar-refractivity contribution in [2.75, 3.05) is 26.2 Å². The van der Waals surface area contributed by atoms with Crippen molar-refractivity contribution in [2.45, 2.75) is 63.1 Å². The Bertz CT molecular complexity index is 223. The molecule has 0 amide bonds. The van der Waals surface area contributed by atoms with E-state index in [2.05, 4.69) is 9.80 Å². The first-order valence-corrected chi connectivity index (χ1v) is 7.52. The van der Waals surface area contributed by atoms with Gasteiger partial charge in [0.05, 0.1) is 6.10 Å². The third-order valence-electron chi connectivity index (χ3n) is 5.01. The zero-order valence-corrected chi connectivity index (χ0v) is 10.9. The van der Waals surface area contributed by atoms with Gasteiger partial charge >= 0.3 is 0 Å². The Kier molecular flexibility index (Phi) is 3.69. The molecule has 2 heterocycles. The summed E-state index contributed by atoms with van der Waals surface area (Å²) in [4.78, 5) is 5.10. The SMILES string of the molecule is OC1[C@H](N2CCCC2)CCC[C@H]1N1CCCC1. The van der Waals surface area contributed by atoms with E-state index in [4.69, 9.17) is 0 Å². The fraction of sp³-hybridized carbons (Fsp3) is 1.00. The second-order valence-corrected chi connectivity index (χ2v) is 6.04. The number of aliphatic hydroxyl groups is 1. The van der Waals surface area contributed by atoms with E-state index in [-0.39, 0.29) is 6.10 Å². The molecule has 0 unspecified atom stereocenters. The normalized spacial score (nSPS) is 37.9. The molecule has 2 saturated heterocycles. The molecule has 3 heteroatoms. The summed E-state index contributed by atoms with van der Waals surface area (Å²) >= 11 is 0. The predicted molar refractivity (Wildman–Crippen MR) is 69.0 cm³/mol. The summed E-state index contributed by atoms with van der Waals surface area (Å²) in [5.74, 6) is 0. The molecular formula is C14H26N2O. The van der Waals surface area contributed by atoms with Crippen molar-refractivity contribution in [3.63, 3.8) is 0 Å². The standard InChI is InChI=1S/C14H26N2O/c17-14-12(15-8-1-2-9-15)6-5-7-13(14)16-10-3-4-11-16/h12-14,17H,1-11H2/t12-,13-/m1/s1. The molecule has 0 aromatic heterocycles. The number of hydrogen-bond acceptors (Lipinski definition) is 3. The van der Waals surface area contributed by atoms with Crippen LogP contribution in [0.1, 0.15) is 44.9 Å². The summed E-state index contributed by atoms with van der Waals surface area (Å²) in [6, 6.07) is 0.911. The lowest BCUT2D eigenvalue weighted by atomic mass is 9.86. The molecule has 1 aliphatic carbocycles. The van der Waals surface area contributed by atoms with Crippen LogP contribution in [-0.4, -0.2) is 59.3 Å². The first-order valence-electron chi connectivity index (χ1n) is 7.52. The maximum Gasteiger partial charge on any atom is 0.0850 e. The second kappa shape index (κ2) is 5.25. The van der Waals surface area contributed by atoms with Crippen LogP contribution in [0.4, 0.5) is 0 Å². The smallest absolute Gasteiger partial charge is 0.0850 e. The first-order chi connectivity index (χ1) is 8.36. The molecule has 0 aromatic carbocycles. The van der Waals surface area contributed by atoms with Gasteiger partial charge in [0.15, 0.2) is 0 Å². The summed E-state index contributed by atoms with van der Waals surface area (Å²) in [6.07, 6.45) is 8.96. The summed E-state index contributed by atoms with van der Waals surface area (Å²) in [5, 5.41) is 10.7. The molecule has 3 fully saturated rings. The van der Waals surface area contributed by atoms with Crippen LogP contribution in [0.15, 0.2) is 0 Å². The molecule has 3 rings (SSSR count). The van der Waals surface area contributed by atoms with Gasteiger partial charge in [-0.05, 0) is 64.7 Å². The summed E-state index contributed by atoms with van der Waals surface area (Å²) < 4.78 is 0. The maximum absolute atomic E-state index is 10.7. The molecule has 0 aromatic rings. The summed E-state index contributed by atoms with van der Waals surface area (Å²) in [6.45, 7) is 4.87. The number of aliphatic hydroxyl groups excluding tert-OH is 1. The Morgan fingerprint density at radius 3 is 1.47 bits per heavy atom. The Labute approximate surface area is 105 Å². The third kappa shape index (κ3) is 2.38. The molecule has 3 aliphatic rings. The second-order valence-electron chi connectivity index (χ2n) is 6.04. The Morgan fingerprint density at radius 2 is 1.06 bits per heavy atom. The largest absolute Gasteiger partial charge is 0.390 e. The van der Waals surface area contributed by atoms with Crippen LogP contribution < -0.4 is 0 Å². The van der Waals surface area contributed by atoms with Crippen LogP contribution in [0.3, 0.4) is 0 Å². The molecule has 1 N–H and O–H groups in total. The molecule has 2 aliphatic heterocycles. The van der Waals surface area contributed by atoms with E-state index in [1.807, 2.05) is 0 Å². The van der Waals surface area contributed by atoms with E-state index < -0.39 is 0 Å². The van der Waals surface area contributed by atoms with Crippen molar-refractivity contribution in [3.05, 3.63) is 0 Å². The van der Waals surface area contributed by atoms with Crippen molar-refractivity contribution >= 4 is 0 Å². The molecule has 3 nitrogen and oxygen atoms in total. The van der Waals surface area contributed by atoms with Gasteiger partial charge in [-0.15, -0.1) is 0 Å². The molecule has 0 bridgehead atoms. The number of hydrogen-bond donors (Lipinski definition) is 1. The van der Waals surface area contributed by atoms with Crippen molar-refractivity contribution in [1.29, 1.82) is 0 Å². The fourth-order valence-corrected chi connectivity index (χ4v) is 4.08. The van der Waals surface area contributed by atoms with Crippen LogP contribution in [-0.2, 0) is 0 Å². The van der Waals surface area contributed by atoms with Gasteiger partial charge in [0.25, 0.3) is 0 Å². The highest BCUT2D eigenvalue weighted by molar-refractivity contribution is 4.95. The monoisotopic (exact) mass is 238 g/mol. The lowest BCUT2D eigenvalue weighted by Gasteiger charge is -2.43. The van der Waals surface area contributed by atoms with Crippen molar-refractivity contribution in [1.82, 2.24) is 9.80 Å². The molecule has 1 saturated carbocycles. The number of likely N-dealkylation sites (tertiary alicyclic amines) is 2. The summed E-state index contributed by atoms with van der Waals surface area (Å²) in [5.41, 5.74) is 0. The van der Waals surface area contributed by atoms with E-state index in [0.717, 1.165) is 0 Å². The van der Waals surface area contributed by atoms with Crippen molar-refractivity contribution in [2.24, 2.45) is 0 Å². The Balaban J connectivity index is 1.65. The summed E-state index contributed by atoms with van der Waals surface area (Å²) in [7, 11) is 0. The van der Waals surface area contributed by atoms with Crippen LogP contribution in [0.2, 0.25) is 0 Å². The maximum atomic E-state index is 10.7. The van der Waals surface area contributed by atoms with Crippen molar-refractivity contribution < 1.29 is 5.11 Å². The number of nitrogens with zero attached hydrogens (tertiary/aromatic N) is 2. The highest BCUT2D eigenvalue weighted by Crippen LogP contribution is 2.30. The zero-order valence-electron chi connectivity index (χ0n) is 10.9. The average molecular weight is 238 g/mol. The Hall–Kier alpha value is -0.120. The van der Waals surface area contributed by atoms with Crippen LogP contribution >= 0.6 is 0 Å². The van der Waals surface area contributed by atoms with E-state index in [9.17, 15) is 5.11 Å². The lowest BCUT2D eigenvalue weighted by molar-refractivity contribution is -0.0302. The Morgan fingerprint density at radius 1 is 0.647 bits per heavy atom. The van der Waals surface area contributed by atoms with Crippen LogP contribution in [0.5, 0.6) is 0 Å². The van der Waals surface area contributed by atoms with Crippen molar-refractivity contribution in [3.8, 4) is 0 Å². The van der Waals surface area contributed by atoms with E-state index in [1.165, 1.54) is 71.1 Å². The molecular weight excluding hydrogens is 212 g/mol.